The molecule has 0 amide bonds. The Morgan fingerprint density at radius 1 is 1.33 bits per heavy atom. The first-order chi connectivity index (χ1) is 9.98. The van der Waals surface area contributed by atoms with Crippen molar-refractivity contribution in [3.8, 4) is 0 Å². The summed E-state index contributed by atoms with van der Waals surface area (Å²) in [4.78, 5) is 0.254. The average Bonchev–Trinajstić information content (AvgIpc) is 3.18. The van der Waals surface area contributed by atoms with Crippen LogP contribution in [0.4, 0.5) is 5.69 Å². The van der Waals surface area contributed by atoms with Gasteiger partial charge in [0.1, 0.15) is 4.90 Å². The molecule has 0 spiro atoms. The van der Waals surface area contributed by atoms with Gasteiger partial charge in [0.25, 0.3) is 0 Å². The lowest BCUT2D eigenvalue weighted by molar-refractivity contribution is 0.398. The molecule has 6 nitrogen and oxygen atoms in total. The molecule has 0 radical (unpaired) electrons. The Balaban J connectivity index is 1.91. The summed E-state index contributed by atoms with van der Waals surface area (Å²) in [5.41, 5.74) is 7.84. The first-order valence-electron chi connectivity index (χ1n) is 6.85. The van der Waals surface area contributed by atoms with Gasteiger partial charge in [-0.25, -0.2) is 8.42 Å². The van der Waals surface area contributed by atoms with E-state index in [1.165, 1.54) is 6.20 Å². The van der Waals surface area contributed by atoms with Crippen LogP contribution in [0, 0.1) is 6.92 Å². The molecule has 0 aliphatic heterocycles. The highest BCUT2D eigenvalue weighted by Gasteiger charge is 2.39. The Kier molecular flexibility index (Phi) is 3.46. The largest absolute Gasteiger partial charge is 0.399 e. The molecule has 1 aromatic carbocycles. The molecule has 0 atom stereocenters. The van der Waals surface area contributed by atoms with Gasteiger partial charge in [-0.3, -0.25) is 5.10 Å². The van der Waals surface area contributed by atoms with Crippen LogP contribution in [0.1, 0.15) is 24.1 Å². The smallest absolute Gasteiger partial charge is 0.247 e. The number of anilines is 1. The zero-order chi connectivity index (χ0) is 15.0. The van der Waals surface area contributed by atoms with Gasteiger partial charge in [0, 0.05) is 18.3 Å². The minimum absolute atomic E-state index is 0.0850. The van der Waals surface area contributed by atoms with E-state index in [0.717, 1.165) is 18.4 Å². The second kappa shape index (κ2) is 5.16. The van der Waals surface area contributed by atoms with Crippen molar-refractivity contribution in [2.24, 2.45) is 0 Å². The lowest BCUT2D eigenvalue weighted by atomic mass is 10.2. The van der Waals surface area contributed by atoms with E-state index in [-0.39, 0.29) is 10.9 Å². The number of rotatable bonds is 5. The van der Waals surface area contributed by atoms with Crippen molar-refractivity contribution < 1.29 is 8.42 Å². The first-order valence-corrected chi connectivity index (χ1v) is 8.29. The van der Waals surface area contributed by atoms with Gasteiger partial charge in [-0.1, -0.05) is 12.1 Å². The zero-order valence-electron chi connectivity index (χ0n) is 11.8. The minimum atomic E-state index is -3.53. The Labute approximate surface area is 124 Å². The second-order valence-corrected chi connectivity index (χ2v) is 7.24. The van der Waals surface area contributed by atoms with Crippen LogP contribution in [0.5, 0.6) is 0 Å². The van der Waals surface area contributed by atoms with Crippen LogP contribution in [-0.4, -0.2) is 29.0 Å². The molecule has 1 heterocycles. The summed E-state index contributed by atoms with van der Waals surface area (Å²) in [5, 5.41) is 6.51. The lowest BCUT2D eigenvalue weighted by Gasteiger charge is -2.21. The van der Waals surface area contributed by atoms with E-state index in [0.29, 0.717) is 17.9 Å². The summed E-state index contributed by atoms with van der Waals surface area (Å²) in [7, 11) is -3.53. The number of nitrogen functional groups attached to an aromatic ring is 1. The van der Waals surface area contributed by atoms with E-state index in [4.69, 9.17) is 5.73 Å². The molecule has 1 aliphatic carbocycles. The maximum Gasteiger partial charge on any atom is 0.247 e. The lowest BCUT2D eigenvalue weighted by Crippen LogP contribution is -2.32. The zero-order valence-corrected chi connectivity index (χ0v) is 12.6. The number of aryl methyl sites for hydroxylation is 1. The molecule has 112 valence electrons. The van der Waals surface area contributed by atoms with Gasteiger partial charge in [-0.05, 0) is 37.5 Å². The van der Waals surface area contributed by atoms with Crippen molar-refractivity contribution in [2.75, 3.05) is 5.73 Å². The molecule has 1 fully saturated rings. The first kappa shape index (κ1) is 14.1. The predicted octanol–water partition coefficient (Wildman–Crippen LogP) is 1.65. The van der Waals surface area contributed by atoms with Crippen LogP contribution >= 0.6 is 0 Å². The quantitative estimate of drug-likeness (QED) is 0.822. The maximum absolute atomic E-state index is 12.8. The number of nitrogens with one attached hydrogen (secondary N) is 1. The summed E-state index contributed by atoms with van der Waals surface area (Å²) in [6.45, 7) is 2.08. The third-order valence-electron chi connectivity index (χ3n) is 3.64. The van der Waals surface area contributed by atoms with E-state index in [1.807, 2.05) is 12.1 Å². The molecule has 21 heavy (non-hydrogen) atoms. The second-order valence-electron chi connectivity index (χ2n) is 5.38. The molecular formula is C14H18N4O2S. The normalized spacial score (nSPS) is 15.5. The molecule has 1 aromatic heterocycles. The van der Waals surface area contributed by atoms with Crippen LogP contribution in [0.3, 0.4) is 0 Å². The number of aromatic amines is 1. The molecule has 0 saturated heterocycles. The van der Waals surface area contributed by atoms with Crippen LogP contribution in [0.2, 0.25) is 0 Å². The standard InChI is InChI=1S/C14H18N4O2S/c1-10-14(8-16-17-10)21(19,20)18(13-6-7-13)9-11-2-4-12(15)5-3-11/h2-5,8,13H,6-7,9,15H2,1H3,(H,16,17). The molecule has 0 bridgehead atoms. The van der Waals surface area contributed by atoms with Gasteiger partial charge in [-0.2, -0.15) is 9.40 Å². The maximum atomic E-state index is 12.8. The van der Waals surface area contributed by atoms with Crippen molar-refractivity contribution >= 4 is 15.7 Å². The van der Waals surface area contributed by atoms with Gasteiger partial charge >= 0.3 is 0 Å². The highest BCUT2D eigenvalue weighted by atomic mass is 32.2. The molecule has 3 rings (SSSR count). The topological polar surface area (TPSA) is 92.1 Å². The van der Waals surface area contributed by atoms with Gasteiger partial charge in [0.2, 0.25) is 10.0 Å². The summed E-state index contributed by atoms with van der Waals surface area (Å²) in [5.74, 6) is 0. The summed E-state index contributed by atoms with van der Waals surface area (Å²) >= 11 is 0. The summed E-state index contributed by atoms with van der Waals surface area (Å²) in [6, 6.07) is 7.39. The molecule has 2 aromatic rings. The fourth-order valence-electron chi connectivity index (χ4n) is 2.30. The number of aromatic nitrogens is 2. The number of benzene rings is 1. The Morgan fingerprint density at radius 2 is 2.00 bits per heavy atom. The number of sulfonamides is 1. The van der Waals surface area contributed by atoms with Crippen molar-refractivity contribution in [3.05, 3.63) is 41.7 Å². The fourth-order valence-corrected chi connectivity index (χ4v) is 4.10. The third-order valence-corrected chi connectivity index (χ3v) is 5.65. The molecule has 1 aliphatic rings. The third kappa shape index (κ3) is 2.79. The molecular weight excluding hydrogens is 288 g/mol. The van der Waals surface area contributed by atoms with Crippen molar-refractivity contribution in [2.45, 2.75) is 37.2 Å². The number of hydrogen-bond donors (Lipinski definition) is 2. The molecule has 1 saturated carbocycles. The summed E-state index contributed by atoms with van der Waals surface area (Å²) < 4.78 is 27.2. The SMILES string of the molecule is Cc1[nH]ncc1S(=O)(=O)N(Cc1ccc(N)cc1)C1CC1. The highest BCUT2D eigenvalue weighted by Crippen LogP contribution is 2.34. The van der Waals surface area contributed by atoms with Gasteiger partial charge in [0.15, 0.2) is 0 Å². The fraction of sp³-hybridized carbons (Fsp3) is 0.357. The number of nitrogens with two attached hydrogens (primary N) is 1. The minimum Gasteiger partial charge on any atom is -0.399 e. The van der Waals surface area contributed by atoms with E-state index in [1.54, 1.807) is 23.4 Å². The molecule has 0 unspecified atom stereocenters. The van der Waals surface area contributed by atoms with Crippen LogP contribution in [-0.2, 0) is 16.6 Å². The highest BCUT2D eigenvalue weighted by molar-refractivity contribution is 7.89. The van der Waals surface area contributed by atoms with Gasteiger partial charge < -0.3 is 5.73 Å². The van der Waals surface area contributed by atoms with Crippen LogP contribution in [0.25, 0.3) is 0 Å². The summed E-state index contributed by atoms with van der Waals surface area (Å²) in [6.07, 6.45) is 3.19. The Morgan fingerprint density at radius 3 is 2.52 bits per heavy atom. The predicted molar refractivity (Wildman–Crippen MR) is 79.9 cm³/mol. The number of hydrogen-bond acceptors (Lipinski definition) is 4. The monoisotopic (exact) mass is 306 g/mol. The number of nitrogens with zero attached hydrogens (tertiary/aromatic N) is 2. The van der Waals surface area contributed by atoms with Crippen molar-refractivity contribution in [1.82, 2.24) is 14.5 Å². The van der Waals surface area contributed by atoms with Gasteiger partial charge in [-0.15, -0.1) is 0 Å². The average molecular weight is 306 g/mol. The van der Waals surface area contributed by atoms with E-state index >= 15 is 0 Å². The van der Waals surface area contributed by atoms with Crippen LogP contribution < -0.4 is 5.73 Å². The van der Waals surface area contributed by atoms with Crippen molar-refractivity contribution in [1.29, 1.82) is 0 Å². The van der Waals surface area contributed by atoms with E-state index in [2.05, 4.69) is 10.2 Å². The molecule has 7 heteroatoms. The Bertz CT molecular complexity index is 733. The molecule has 3 N–H and O–H groups in total. The van der Waals surface area contributed by atoms with E-state index in [9.17, 15) is 8.42 Å². The van der Waals surface area contributed by atoms with E-state index < -0.39 is 10.0 Å². The number of H-pyrrole nitrogens is 1. The van der Waals surface area contributed by atoms with Crippen molar-refractivity contribution in [3.63, 3.8) is 0 Å². The van der Waals surface area contributed by atoms with Gasteiger partial charge in [0.05, 0.1) is 11.9 Å². The van der Waals surface area contributed by atoms with Crippen LogP contribution in [0.15, 0.2) is 35.4 Å². The Hall–Kier alpha value is -1.86.